The Bertz CT molecular complexity index is 327. The van der Waals surface area contributed by atoms with Crippen molar-refractivity contribution in [3.63, 3.8) is 0 Å². The van der Waals surface area contributed by atoms with Crippen LogP contribution < -0.4 is 0 Å². The average molecular weight is 425 g/mol. The van der Waals surface area contributed by atoms with Gasteiger partial charge in [0.15, 0.2) is 5.78 Å². The first kappa shape index (κ1) is 32.8. The third-order valence-electron chi connectivity index (χ3n) is 3.81. The minimum Gasteiger partial charge on any atom is -0.384 e. The van der Waals surface area contributed by atoms with Gasteiger partial charge in [-0.05, 0) is 13.0 Å². The van der Waals surface area contributed by atoms with E-state index in [1.807, 2.05) is 0 Å². The number of hydrogen-bond acceptors (Lipinski definition) is 8. The molecule has 176 valence electrons. The maximum absolute atomic E-state index is 9.69. The van der Waals surface area contributed by atoms with Gasteiger partial charge in [0.05, 0.1) is 63.7 Å². The van der Waals surface area contributed by atoms with E-state index in [0.717, 1.165) is 0 Å². The highest BCUT2D eigenvalue weighted by Gasteiger charge is 2.35. The lowest BCUT2D eigenvalue weighted by Gasteiger charge is -2.35. The Morgan fingerprint density at radius 3 is 1.00 bits per heavy atom. The molecule has 0 aromatic rings. The van der Waals surface area contributed by atoms with Crippen molar-refractivity contribution in [2.75, 3.05) is 95.5 Å². The molecule has 0 saturated heterocycles. The molecule has 0 heterocycles. The SMILES string of the molecule is C.C=CC(C)=O.COCC(COC)(COC)COCC(COC)(COC)COC. The van der Waals surface area contributed by atoms with Gasteiger partial charge in [0.1, 0.15) is 0 Å². The maximum Gasteiger partial charge on any atom is 0.152 e. The summed E-state index contributed by atoms with van der Waals surface area (Å²) in [4.78, 5) is 9.69. The van der Waals surface area contributed by atoms with E-state index >= 15 is 0 Å². The molecule has 0 aliphatic rings. The van der Waals surface area contributed by atoms with Gasteiger partial charge in [-0.1, -0.05) is 14.0 Å². The first-order valence-electron chi connectivity index (χ1n) is 8.99. The van der Waals surface area contributed by atoms with Gasteiger partial charge in [0, 0.05) is 42.7 Å². The van der Waals surface area contributed by atoms with Crippen LogP contribution in [0.3, 0.4) is 0 Å². The fourth-order valence-electron chi connectivity index (χ4n) is 2.82. The van der Waals surface area contributed by atoms with Crippen LogP contribution >= 0.6 is 0 Å². The van der Waals surface area contributed by atoms with E-state index in [2.05, 4.69) is 6.58 Å². The maximum atomic E-state index is 9.69. The molecule has 0 unspecified atom stereocenters. The van der Waals surface area contributed by atoms with Crippen LogP contribution in [0.4, 0.5) is 0 Å². The van der Waals surface area contributed by atoms with E-state index < -0.39 is 0 Å². The molecule has 0 aromatic heterocycles. The molecule has 0 N–H and O–H groups in total. The van der Waals surface area contributed by atoms with Gasteiger partial charge in [0.2, 0.25) is 0 Å². The Kier molecular flexibility index (Phi) is 23.1. The van der Waals surface area contributed by atoms with Gasteiger partial charge in [-0.2, -0.15) is 0 Å². The molecule has 0 atom stereocenters. The number of carbonyl (C=O) groups excluding carboxylic acids is 1. The van der Waals surface area contributed by atoms with E-state index in [1.54, 1.807) is 42.7 Å². The lowest BCUT2D eigenvalue weighted by molar-refractivity contribution is -0.125. The highest BCUT2D eigenvalue weighted by Crippen LogP contribution is 2.24. The van der Waals surface area contributed by atoms with Crippen molar-refractivity contribution >= 4 is 5.78 Å². The lowest BCUT2D eigenvalue weighted by Crippen LogP contribution is -2.45. The monoisotopic (exact) mass is 424 g/mol. The molecule has 0 fully saturated rings. The largest absolute Gasteiger partial charge is 0.384 e. The summed E-state index contributed by atoms with van der Waals surface area (Å²) in [6.45, 7) is 8.49. The van der Waals surface area contributed by atoms with Gasteiger partial charge in [0.25, 0.3) is 0 Å². The number of ether oxygens (including phenoxy) is 7. The molecule has 0 rings (SSSR count). The van der Waals surface area contributed by atoms with Gasteiger partial charge in [-0.3, -0.25) is 4.79 Å². The van der Waals surface area contributed by atoms with Crippen LogP contribution in [0.1, 0.15) is 14.4 Å². The van der Waals surface area contributed by atoms with Crippen molar-refractivity contribution in [3.05, 3.63) is 12.7 Å². The van der Waals surface area contributed by atoms with E-state index in [1.165, 1.54) is 13.0 Å². The van der Waals surface area contributed by atoms with Crippen molar-refractivity contribution in [3.8, 4) is 0 Å². The van der Waals surface area contributed by atoms with Crippen LogP contribution in [0.25, 0.3) is 0 Å². The predicted octanol–water partition coefficient (Wildman–Crippen LogP) is 2.25. The van der Waals surface area contributed by atoms with Crippen molar-refractivity contribution in [1.82, 2.24) is 0 Å². The number of carbonyl (C=O) groups is 1. The first-order chi connectivity index (χ1) is 13.3. The molecule has 0 bridgehead atoms. The zero-order valence-corrected chi connectivity index (χ0v) is 18.7. The number of ketones is 1. The highest BCUT2D eigenvalue weighted by atomic mass is 16.5. The molecular formula is C21H44O8. The molecule has 29 heavy (non-hydrogen) atoms. The second kappa shape index (κ2) is 20.4. The zero-order chi connectivity index (χ0) is 21.9. The van der Waals surface area contributed by atoms with Gasteiger partial charge in [-0.25, -0.2) is 0 Å². The molecule has 0 saturated carbocycles. The fraction of sp³-hybridized carbons (Fsp3) is 0.857. The summed E-state index contributed by atoms with van der Waals surface area (Å²) in [6, 6.07) is 0. The van der Waals surface area contributed by atoms with Crippen LogP contribution in [-0.2, 0) is 38.0 Å². The Morgan fingerprint density at radius 1 is 0.655 bits per heavy atom. The van der Waals surface area contributed by atoms with Crippen LogP contribution in [0, 0.1) is 10.8 Å². The predicted molar refractivity (Wildman–Crippen MR) is 115 cm³/mol. The molecular weight excluding hydrogens is 380 g/mol. The van der Waals surface area contributed by atoms with Crippen LogP contribution in [0.2, 0.25) is 0 Å². The molecule has 0 radical (unpaired) electrons. The van der Waals surface area contributed by atoms with Crippen molar-refractivity contribution in [2.24, 2.45) is 10.8 Å². The molecule has 0 aliphatic heterocycles. The smallest absolute Gasteiger partial charge is 0.152 e. The Labute approximate surface area is 177 Å². The van der Waals surface area contributed by atoms with E-state index in [-0.39, 0.29) is 24.0 Å². The summed E-state index contributed by atoms with van der Waals surface area (Å²) in [5, 5.41) is 0. The van der Waals surface area contributed by atoms with Crippen LogP contribution in [0.15, 0.2) is 12.7 Å². The highest BCUT2D eigenvalue weighted by molar-refractivity contribution is 5.86. The van der Waals surface area contributed by atoms with Crippen molar-refractivity contribution in [1.29, 1.82) is 0 Å². The summed E-state index contributed by atoms with van der Waals surface area (Å²) in [5.41, 5.74) is -0.700. The quantitative estimate of drug-likeness (QED) is 0.329. The van der Waals surface area contributed by atoms with Crippen molar-refractivity contribution in [2.45, 2.75) is 14.4 Å². The number of hydrogen-bond donors (Lipinski definition) is 0. The lowest BCUT2D eigenvalue weighted by atomic mass is 9.90. The fourth-order valence-corrected chi connectivity index (χ4v) is 2.82. The third kappa shape index (κ3) is 15.6. The number of rotatable bonds is 17. The molecule has 0 aliphatic carbocycles. The standard InChI is InChI=1S/C16H34O7.C4H6O.CH4/c1-17-7-15(8-18-2,9-19-3)13-23-14-16(10-20-4,11-21-5)12-22-6;1-3-4(2)5;/h7-14H2,1-6H3;3H,1H2,2H3;1H4. The molecule has 0 aromatic carbocycles. The minimum atomic E-state index is -0.350. The zero-order valence-electron chi connectivity index (χ0n) is 18.7. The summed E-state index contributed by atoms with van der Waals surface area (Å²) < 4.78 is 37.9. The summed E-state index contributed by atoms with van der Waals surface area (Å²) in [5.74, 6) is 0.0185. The summed E-state index contributed by atoms with van der Waals surface area (Å²) >= 11 is 0. The molecule has 0 amide bonds. The summed E-state index contributed by atoms with van der Waals surface area (Å²) in [7, 11) is 9.95. The Morgan fingerprint density at radius 2 is 0.862 bits per heavy atom. The van der Waals surface area contributed by atoms with Gasteiger partial charge < -0.3 is 33.2 Å². The van der Waals surface area contributed by atoms with Gasteiger partial charge >= 0.3 is 0 Å². The molecule has 8 nitrogen and oxygen atoms in total. The van der Waals surface area contributed by atoms with E-state index in [9.17, 15) is 4.79 Å². The second-order valence-electron chi connectivity index (χ2n) is 6.91. The van der Waals surface area contributed by atoms with E-state index in [4.69, 9.17) is 33.2 Å². The molecule has 8 heteroatoms. The average Bonchev–Trinajstić information content (AvgIpc) is 2.63. The normalized spacial score (nSPS) is 11.3. The van der Waals surface area contributed by atoms with Crippen molar-refractivity contribution < 1.29 is 38.0 Å². The second-order valence-corrected chi connectivity index (χ2v) is 6.91. The van der Waals surface area contributed by atoms with Crippen LogP contribution in [-0.4, -0.2) is 101 Å². The Balaban J connectivity index is -0.000000997. The topological polar surface area (TPSA) is 81.7 Å². The molecule has 0 spiro atoms. The van der Waals surface area contributed by atoms with Crippen LogP contribution in [0.5, 0.6) is 0 Å². The minimum absolute atomic E-state index is 0. The summed E-state index contributed by atoms with van der Waals surface area (Å²) in [6.07, 6.45) is 1.28. The Hall–Kier alpha value is -0.870. The van der Waals surface area contributed by atoms with E-state index in [0.29, 0.717) is 52.9 Å². The van der Waals surface area contributed by atoms with Gasteiger partial charge in [-0.15, -0.1) is 0 Å². The first-order valence-corrected chi connectivity index (χ1v) is 8.99. The third-order valence-corrected chi connectivity index (χ3v) is 3.81. The number of allylic oxidation sites excluding steroid dienone is 1. The number of methoxy groups -OCH3 is 6.